The minimum Gasteiger partial charge on any atom is -0.207 e. The molecule has 0 aliphatic carbocycles. The van der Waals surface area contributed by atoms with E-state index >= 15 is 0 Å². The van der Waals surface area contributed by atoms with Crippen LogP contribution in [0.25, 0.3) is 0 Å². The van der Waals surface area contributed by atoms with Crippen LogP contribution in [0.1, 0.15) is 39.9 Å². The zero-order chi connectivity index (χ0) is 17.2. The van der Waals surface area contributed by atoms with Crippen LogP contribution >= 0.6 is 0 Å². The summed E-state index contributed by atoms with van der Waals surface area (Å²) < 4.78 is 28.6. The largest absolute Gasteiger partial charge is 0.244 e. The molecule has 0 N–H and O–H groups in total. The number of rotatable bonds is 2. The zero-order valence-electron chi connectivity index (χ0n) is 13.8. The van der Waals surface area contributed by atoms with E-state index in [0.29, 0.717) is 4.90 Å². The molecule has 3 nitrogen and oxygen atoms in total. The van der Waals surface area contributed by atoms with Gasteiger partial charge in [-0.1, -0.05) is 66.2 Å². The van der Waals surface area contributed by atoms with Crippen molar-refractivity contribution in [1.29, 1.82) is 0 Å². The van der Waals surface area contributed by atoms with Gasteiger partial charge in [-0.25, -0.2) is 8.42 Å². The average molecular weight is 347 g/mol. The quantitative estimate of drug-likeness (QED) is 0.697. The van der Waals surface area contributed by atoms with Crippen LogP contribution < -0.4 is 0 Å². The van der Waals surface area contributed by atoms with E-state index in [-0.39, 0.29) is 12.1 Å². The standard InChI is InChI=1S/C21H17NO2S/c1-14-10-12-15(13-11-14)25(23,24)22-20-16-6-2-3-7-17(16)21(22)19-9-5-4-8-18(19)20/h2-13,20-21H,1H3. The van der Waals surface area contributed by atoms with Gasteiger partial charge in [-0.2, -0.15) is 4.31 Å². The summed E-state index contributed by atoms with van der Waals surface area (Å²) in [5.74, 6) is 0. The Labute approximate surface area is 147 Å². The van der Waals surface area contributed by atoms with Gasteiger partial charge in [0.05, 0.1) is 17.0 Å². The molecule has 0 saturated heterocycles. The Bertz CT molecular complexity index is 989. The van der Waals surface area contributed by atoms with E-state index in [9.17, 15) is 8.42 Å². The van der Waals surface area contributed by atoms with Gasteiger partial charge in [0.1, 0.15) is 0 Å². The Morgan fingerprint density at radius 3 is 1.48 bits per heavy atom. The van der Waals surface area contributed by atoms with Gasteiger partial charge >= 0.3 is 0 Å². The number of hydrogen-bond donors (Lipinski definition) is 0. The molecule has 3 aromatic rings. The van der Waals surface area contributed by atoms with Crippen LogP contribution in [0, 0.1) is 6.92 Å². The highest BCUT2D eigenvalue weighted by Crippen LogP contribution is 2.58. The summed E-state index contributed by atoms with van der Waals surface area (Å²) in [6.07, 6.45) is 0. The van der Waals surface area contributed by atoms with Crippen molar-refractivity contribution in [1.82, 2.24) is 4.31 Å². The van der Waals surface area contributed by atoms with E-state index in [1.165, 1.54) is 0 Å². The first kappa shape index (κ1) is 14.9. The summed E-state index contributed by atoms with van der Waals surface area (Å²) in [6.45, 7) is 1.96. The van der Waals surface area contributed by atoms with Crippen LogP contribution in [0.4, 0.5) is 0 Å². The fraction of sp³-hybridized carbons (Fsp3) is 0.143. The molecular formula is C21H17NO2S. The molecule has 0 atom stereocenters. The molecule has 2 aliphatic rings. The predicted molar refractivity (Wildman–Crippen MR) is 96.8 cm³/mol. The normalized spacial score (nSPS) is 21.2. The maximum Gasteiger partial charge on any atom is 0.244 e. The van der Waals surface area contributed by atoms with E-state index < -0.39 is 10.0 Å². The molecule has 0 aromatic heterocycles. The van der Waals surface area contributed by atoms with Gasteiger partial charge in [0, 0.05) is 0 Å². The SMILES string of the molecule is Cc1ccc(S(=O)(=O)N2C3c4ccccc4C2c2ccccc23)cc1. The lowest BCUT2D eigenvalue weighted by Crippen LogP contribution is -2.29. The molecule has 0 unspecified atom stereocenters. The van der Waals surface area contributed by atoms with E-state index in [0.717, 1.165) is 27.8 Å². The third kappa shape index (κ3) is 1.92. The Morgan fingerprint density at radius 2 is 1.08 bits per heavy atom. The van der Waals surface area contributed by atoms with Crippen molar-refractivity contribution >= 4 is 10.0 Å². The van der Waals surface area contributed by atoms with Crippen LogP contribution in [0.3, 0.4) is 0 Å². The summed E-state index contributed by atoms with van der Waals surface area (Å²) in [4.78, 5) is 0.355. The lowest BCUT2D eigenvalue weighted by atomic mass is 9.86. The third-order valence-electron chi connectivity index (χ3n) is 5.28. The summed E-state index contributed by atoms with van der Waals surface area (Å²) in [7, 11) is -3.59. The van der Waals surface area contributed by atoms with Crippen LogP contribution in [0.2, 0.25) is 0 Å². The van der Waals surface area contributed by atoms with Crippen molar-refractivity contribution < 1.29 is 8.42 Å². The molecule has 2 aliphatic heterocycles. The van der Waals surface area contributed by atoms with Crippen molar-refractivity contribution in [2.24, 2.45) is 0 Å². The number of nitrogens with zero attached hydrogens (tertiary/aromatic N) is 1. The van der Waals surface area contributed by atoms with E-state index in [4.69, 9.17) is 0 Å². The van der Waals surface area contributed by atoms with Crippen LogP contribution in [0.15, 0.2) is 77.7 Å². The average Bonchev–Trinajstić information content (AvgIpc) is 3.16. The third-order valence-corrected chi connectivity index (χ3v) is 7.12. The van der Waals surface area contributed by atoms with Gasteiger partial charge in [0.15, 0.2) is 0 Å². The minimum absolute atomic E-state index is 0.233. The van der Waals surface area contributed by atoms with Crippen LogP contribution in [-0.4, -0.2) is 12.7 Å². The first-order valence-corrected chi connectivity index (χ1v) is 9.81. The molecule has 0 spiro atoms. The molecule has 0 amide bonds. The highest BCUT2D eigenvalue weighted by Gasteiger charge is 2.53. The second-order valence-corrected chi connectivity index (χ2v) is 8.55. The van der Waals surface area contributed by atoms with Gasteiger partial charge in [0.25, 0.3) is 0 Å². The Hall–Kier alpha value is -2.43. The predicted octanol–water partition coefficient (Wildman–Crippen LogP) is 4.19. The molecule has 4 heteroatoms. The topological polar surface area (TPSA) is 37.4 Å². The fourth-order valence-electron chi connectivity index (χ4n) is 4.16. The minimum atomic E-state index is -3.59. The fourth-order valence-corrected chi connectivity index (χ4v) is 5.89. The Balaban J connectivity index is 1.73. The number of fused-ring (bicyclic) bond motifs is 8. The molecule has 2 bridgehead atoms. The lowest BCUT2D eigenvalue weighted by molar-refractivity contribution is 0.381. The Morgan fingerprint density at radius 1 is 0.680 bits per heavy atom. The van der Waals surface area contributed by atoms with Gasteiger partial charge in [-0.3, -0.25) is 0 Å². The van der Waals surface area contributed by atoms with Crippen LogP contribution in [0.5, 0.6) is 0 Å². The van der Waals surface area contributed by atoms with Crippen molar-refractivity contribution in [2.75, 3.05) is 0 Å². The van der Waals surface area contributed by atoms with Crippen molar-refractivity contribution in [3.63, 3.8) is 0 Å². The molecule has 0 saturated carbocycles. The second-order valence-electron chi connectivity index (χ2n) is 6.71. The monoisotopic (exact) mass is 347 g/mol. The highest BCUT2D eigenvalue weighted by molar-refractivity contribution is 7.89. The first-order valence-electron chi connectivity index (χ1n) is 8.37. The second kappa shape index (κ2) is 5.04. The highest BCUT2D eigenvalue weighted by atomic mass is 32.2. The molecule has 124 valence electrons. The number of sulfonamides is 1. The van der Waals surface area contributed by atoms with Gasteiger partial charge in [0.2, 0.25) is 10.0 Å². The summed E-state index contributed by atoms with van der Waals surface area (Å²) in [5, 5.41) is 0. The summed E-state index contributed by atoms with van der Waals surface area (Å²) in [5.41, 5.74) is 5.45. The maximum absolute atomic E-state index is 13.5. The van der Waals surface area contributed by atoms with E-state index in [2.05, 4.69) is 0 Å². The Kier molecular flexibility index (Phi) is 3.00. The first-order chi connectivity index (χ1) is 12.1. The molecule has 0 radical (unpaired) electrons. The zero-order valence-corrected chi connectivity index (χ0v) is 14.6. The number of hydrogen-bond acceptors (Lipinski definition) is 2. The van der Waals surface area contributed by atoms with Crippen molar-refractivity contribution in [2.45, 2.75) is 23.9 Å². The van der Waals surface area contributed by atoms with Gasteiger partial charge in [-0.15, -0.1) is 0 Å². The molecule has 25 heavy (non-hydrogen) atoms. The smallest absolute Gasteiger partial charge is 0.207 e. The van der Waals surface area contributed by atoms with Gasteiger partial charge < -0.3 is 0 Å². The summed E-state index contributed by atoms with van der Waals surface area (Å²) >= 11 is 0. The lowest BCUT2D eigenvalue weighted by Gasteiger charge is -2.22. The molecule has 2 heterocycles. The van der Waals surface area contributed by atoms with Crippen LogP contribution in [-0.2, 0) is 10.0 Å². The van der Waals surface area contributed by atoms with E-state index in [1.807, 2.05) is 67.6 Å². The number of aryl methyl sites for hydroxylation is 1. The van der Waals surface area contributed by atoms with Gasteiger partial charge in [-0.05, 0) is 41.3 Å². The van der Waals surface area contributed by atoms with E-state index in [1.54, 1.807) is 16.4 Å². The summed E-state index contributed by atoms with van der Waals surface area (Å²) in [6, 6.07) is 22.8. The molecule has 5 rings (SSSR count). The van der Waals surface area contributed by atoms with Crippen molar-refractivity contribution in [3.05, 3.63) is 101 Å². The number of benzene rings is 3. The molecule has 3 aromatic carbocycles. The van der Waals surface area contributed by atoms with Crippen molar-refractivity contribution in [3.8, 4) is 0 Å². The molecular weight excluding hydrogens is 330 g/mol. The maximum atomic E-state index is 13.5. The molecule has 0 fully saturated rings.